The molecule has 7 nitrogen and oxygen atoms in total. The number of carbonyl (C=O) groups is 1. The molecule has 2 N–H and O–H groups in total. The van der Waals surface area contributed by atoms with Crippen LogP contribution in [0, 0.1) is 0 Å². The van der Waals surface area contributed by atoms with Crippen LogP contribution in [0.5, 0.6) is 0 Å². The zero-order chi connectivity index (χ0) is 14.5. The number of pyridine rings is 1. The summed E-state index contributed by atoms with van der Waals surface area (Å²) in [5, 5.41) is 14.2. The van der Waals surface area contributed by atoms with Crippen molar-refractivity contribution in [1.82, 2.24) is 30.6 Å². The number of aromatic nitrogens is 4. The van der Waals surface area contributed by atoms with E-state index in [0.29, 0.717) is 18.3 Å². The van der Waals surface area contributed by atoms with Gasteiger partial charge in [0.05, 0.1) is 12.2 Å². The number of carbonyl (C=O) groups excluding carboxylic acids is 1. The maximum Gasteiger partial charge on any atom is 0.273 e. The highest BCUT2D eigenvalue weighted by Crippen LogP contribution is 2.16. The quantitative estimate of drug-likeness (QED) is 0.856. The molecule has 0 radical (unpaired) electrons. The van der Waals surface area contributed by atoms with E-state index in [-0.39, 0.29) is 5.91 Å². The fourth-order valence-electron chi connectivity index (χ4n) is 2.41. The molecule has 0 aliphatic carbocycles. The Labute approximate surface area is 122 Å². The smallest absolute Gasteiger partial charge is 0.273 e. The highest BCUT2D eigenvalue weighted by molar-refractivity contribution is 5.91. The van der Waals surface area contributed by atoms with E-state index in [4.69, 9.17) is 0 Å². The van der Waals surface area contributed by atoms with Crippen molar-refractivity contribution in [2.75, 3.05) is 13.1 Å². The number of hydrogen-bond donors (Lipinski definition) is 2. The molecule has 0 unspecified atom stereocenters. The molecule has 1 aliphatic rings. The van der Waals surface area contributed by atoms with E-state index < -0.39 is 0 Å². The first-order chi connectivity index (χ1) is 10.3. The fraction of sp³-hybridized carbons (Fsp3) is 0.429. The lowest BCUT2D eigenvalue weighted by Gasteiger charge is -2.22. The second-order valence-electron chi connectivity index (χ2n) is 5.11. The van der Waals surface area contributed by atoms with Crippen molar-refractivity contribution in [1.29, 1.82) is 0 Å². The van der Waals surface area contributed by atoms with Gasteiger partial charge in [0, 0.05) is 18.9 Å². The van der Waals surface area contributed by atoms with Crippen LogP contribution in [0.4, 0.5) is 0 Å². The number of amides is 1. The average molecular weight is 286 g/mol. The number of piperidine rings is 1. The molecule has 2 aromatic heterocycles. The fourth-order valence-corrected chi connectivity index (χ4v) is 2.41. The standard InChI is InChI=1S/C14H18N6O/c21-14(17-9-11-2-1-5-16-8-11)13-10-20(19-18-13)12-3-6-15-7-4-12/h1-2,5,8,10,12,15H,3-4,6-7,9H2,(H,17,21). The normalized spacial score (nSPS) is 15.8. The molecular weight excluding hydrogens is 268 g/mol. The van der Waals surface area contributed by atoms with Crippen LogP contribution in [0.25, 0.3) is 0 Å². The molecule has 110 valence electrons. The molecular formula is C14H18N6O. The van der Waals surface area contributed by atoms with Gasteiger partial charge in [-0.15, -0.1) is 5.10 Å². The molecule has 1 aliphatic heterocycles. The van der Waals surface area contributed by atoms with E-state index in [1.165, 1.54) is 0 Å². The zero-order valence-corrected chi connectivity index (χ0v) is 11.7. The molecule has 0 bridgehead atoms. The molecule has 3 heterocycles. The Morgan fingerprint density at radius 1 is 1.43 bits per heavy atom. The molecule has 1 amide bonds. The molecule has 0 atom stereocenters. The lowest BCUT2D eigenvalue weighted by Crippen LogP contribution is -2.29. The van der Waals surface area contributed by atoms with Gasteiger partial charge in [-0.1, -0.05) is 11.3 Å². The molecule has 0 spiro atoms. The van der Waals surface area contributed by atoms with Crippen LogP contribution in [0.15, 0.2) is 30.7 Å². The molecule has 21 heavy (non-hydrogen) atoms. The highest BCUT2D eigenvalue weighted by Gasteiger charge is 2.18. The molecule has 3 rings (SSSR count). The largest absolute Gasteiger partial charge is 0.346 e. The third-order valence-corrected chi connectivity index (χ3v) is 3.60. The van der Waals surface area contributed by atoms with Gasteiger partial charge in [-0.2, -0.15) is 0 Å². The minimum absolute atomic E-state index is 0.209. The highest BCUT2D eigenvalue weighted by atomic mass is 16.2. The maximum absolute atomic E-state index is 12.1. The predicted molar refractivity (Wildman–Crippen MR) is 76.6 cm³/mol. The monoisotopic (exact) mass is 286 g/mol. The van der Waals surface area contributed by atoms with Crippen LogP contribution >= 0.6 is 0 Å². The van der Waals surface area contributed by atoms with Gasteiger partial charge in [-0.05, 0) is 37.6 Å². The van der Waals surface area contributed by atoms with Crippen molar-refractivity contribution >= 4 is 5.91 Å². The van der Waals surface area contributed by atoms with E-state index in [9.17, 15) is 4.79 Å². The first-order valence-electron chi connectivity index (χ1n) is 7.12. The summed E-state index contributed by atoms with van der Waals surface area (Å²) in [4.78, 5) is 16.1. The second kappa shape index (κ2) is 6.45. The second-order valence-corrected chi connectivity index (χ2v) is 5.11. The van der Waals surface area contributed by atoms with Gasteiger partial charge >= 0.3 is 0 Å². The van der Waals surface area contributed by atoms with Crippen molar-refractivity contribution < 1.29 is 4.79 Å². The SMILES string of the molecule is O=C(NCc1cccnc1)c1cn(C2CCNCC2)nn1. The van der Waals surface area contributed by atoms with Crippen molar-refractivity contribution in [3.63, 3.8) is 0 Å². The first kappa shape index (κ1) is 13.7. The van der Waals surface area contributed by atoms with Crippen LogP contribution in [0.1, 0.15) is 34.9 Å². The number of nitrogens with one attached hydrogen (secondary N) is 2. The van der Waals surface area contributed by atoms with Crippen molar-refractivity contribution in [3.8, 4) is 0 Å². The Morgan fingerprint density at radius 3 is 3.05 bits per heavy atom. The Morgan fingerprint density at radius 2 is 2.29 bits per heavy atom. The van der Waals surface area contributed by atoms with Crippen LogP contribution in [0.3, 0.4) is 0 Å². The molecule has 0 saturated carbocycles. The third kappa shape index (κ3) is 3.43. The van der Waals surface area contributed by atoms with Crippen LogP contribution < -0.4 is 10.6 Å². The lowest BCUT2D eigenvalue weighted by atomic mass is 10.1. The Kier molecular flexibility index (Phi) is 4.20. The molecule has 1 fully saturated rings. The van der Waals surface area contributed by atoms with Crippen molar-refractivity contribution in [3.05, 3.63) is 42.0 Å². The average Bonchev–Trinajstić information content (AvgIpc) is 3.04. The Balaban J connectivity index is 1.59. The summed E-state index contributed by atoms with van der Waals surface area (Å²) >= 11 is 0. The summed E-state index contributed by atoms with van der Waals surface area (Å²) in [6, 6.07) is 4.09. The van der Waals surface area contributed by atoms with Crippen LogP contribution in [-0.4, -0.2) is 39.0 Å². The van der Waals surface area contributed by atoms with Gasteiger partial charge in [0.2, 0.25) is 0 Å². The Hall–Kier alpha value is -2.28. The number of hydrogen-bond acceptors (Lipinski definition) is 5. The first-order valence-corrected chi connectivity index (χ1v) is 7.12. The summed E-state index contributed by atoms with van der Waals surface area (Å²) in [5.74, 6) is -0.209. The van der Waals surface area contributed by atoms with Gasteiger partial charge in [-0.3, -0.25) is 9.78 Å². The van der Waals surface area contributed by atoms with E-state index in [2.05, 4.69) is 25.9 Å². The van der Waals surface area contributed by atoms with E-state index in [0.717, 1.165) is 31.5 Å². The summed E-state index contributed by atoms with van der Waals surface area (Å²) in [6.07, 6.45) is 7.19. The summed E-state index contributed by atoms with van der Waals surface area (Å²) in [5.41, 5.74) is 1.31. The zero-order valence-electron chi connectivity index (χ0n) is 11.7. The molecule has 2 aromatic rings. The van der Waals surface area contributed by atoms with Crippen molar-refractivity contribution in [2.24, 2.45) is 0 Å². The number of rotatable bonds is 4. The van der Waals surface area contributed by atoms with Crippen LogP contribution in [-0.2, 0) is 6.54 Å². The summed E-state index contributed by atoms with van der Waals surface area (Å²) in [7, 11) is 0. The lowest BCUT2D eigenvalue weighted by molar-refractivity contribution is 0.0946. The van der Waals surface area contributed by atoms with E-state index in [1.54, 1.807) is 23.3 Å². The molecule has 0 aromatic carbocycles. The minimum atomic E-state index is -0.209. The van der Waals surface area contributed by atoms with Gasteiger partial charge in [0.15, 0.2) is 5.69 Å². The van der Waals surface area contributed by atoms with Crippen LogP contribution in [0.2, 0.25) is 0 Å². The Bertz CT molecular complexity index is 591. The van der Waals surface area contributed by atoms with Gasteiger partial charge in [0.25, 0.3) is 5.91 Å². The summed E-state index contributed by atoms with van der Waals surface area (Å²) in [6.45, 7) is 2.40. The third-order valence-electron chi connectivity index (χ3n) is 3.60. The van der Waals surface area contributed by atoms with Gasteiger partial charge < -0.3 is 10.6 Å². The minimum Gasteiger partial charge on any atom is -0.346 e. The number of nitrogens with zero attached hydrogens (tertiary/aromatic N) is 4. The summed E-state index contributed by atoms with van der Waals surface area (Å²) < 4.78 is 1.81. The van der Waals surface area contributed by atoms with Gasteiger partial charge in [0.1, 0.15) is 0 Å². The molecule has 7 heteroatoms. The molecule has 1 saturated heterocycles. The van der Waals surface area contributed by atoms with Gasteiger partial charge in [-0.25, -0.2) is 4.68 Å². The topological polar surface area (TPSA) is 84.7 Å². The maximum atomic E-state index is 12.1. The predicted octanol–water partition coefficient (Wildman–Crippen LogP) is 0.528. The van der Waals surface area contributed by atoms with E-state index in [1.807, 2.05) is 12.1 Å². The van der Waals surface area contributed by atoms with Crippen molar-refractivity contribution in [2.45, 2.75) is 25.4 Å². The van der Waals surface area contributed by atoms with E-state index >= 15 is 0 Å².